The van der Waals surface area contributed by atoms with Gasteiger partial charge >= 0.3 is 0 Å². The van der Waals surface area contributed by atoms with Gasteiger partial charge in [-0.3, -0.25) is 0 Å². The fourth-order valence-electron chi connectivity index (χ4n) is 2.66. The van der Waals surface area contributed by atoms with Crippen molar-refractivity contribution < 1.29 is 9.50 Å². The average Bonchev–Trinajstić information content (AvgIpc) is 2.48. The Balaban J connectivity index is 1.67. The number of rotatable bonds is 6. The molecule has 5 heteroatoms. The molecule has 1 saturated heterocycles. The van der Waals surface area contributed by atoms with Crippen LogP contribution >= 0.6 is 11.6 Å². The van der Waals surface area contributed by atoms with Crippen LogP contribution in [-0.2, 0) is 0 Å². The Labute approximate surface area is 131 Å². The quantitative estimate of drug-likeness (QED) is 0.792. The molecule has 1 aliphatic rings. The minimum absolute atomic E-state index is 0.109. The molecule has 21 heavy (non-hydrogen) atoms. The van der Waals surface area contributed by atoms with E-state index in [0.717, 1.165) is 51.0 Å². The summed E-state index contributed by atoms with van der Waals surface area (Å²) in [5.41, 5.74) is 1.00. The zero-order chi connectivity index (χ0) is 15.2. The molecular weight excluding hydrogens is 291 g/mol. The lowest BCUT2D eigenvalue weighted by molar-refractivity contribution is 0.0820. The van der Waals surface area contributed by atoms with E-state index in [1.165, 1.54) is 6.07 Å². The first-order valence-corrected chi connectivity index (χ1v) is 8.03. The number of hydrogen-bond acceptors (Lipinski definition) is 3. The average molecular weight is 315 g/mol. The van der Waals surface area contributed by atoms with Gasteiger partial charge in [-0.1, -0.05) is 17.7 Å². The number of piperidine rings is 1. The number of nitrogens with one attached hydrogen (secondary N) is 1. The number of likely N-dealkylation sites (tertiary alicyclic amines) is 1. The molecule has 2 N–H and O–H groups in total. The molecule has 0 amide bonds. The van der Waals surface area contributed by atoms with Crippen molar-refractivity contribution in [1.82, 2.24) is 10.2 Å². The molecule has 3 nitrogen and oxygen atoms in total. The summed E-state index contributed by atoms with van der Waals surface area (Å²) in [6.45, 7) is 6.00. The number of benzene rings is 1. The Hall–Kier alpha value is -0.680. The van der Waals surface area contributed by atoms with E-state index >= 15 is 0 Å². The first-order chi connectivity index (χ1) is 10.1. The third kappa shape index (κ3) is 5.22. The van der Waals surface area contributed by atoms with Crippen molar-refractivity contribution in [3.63, 3.8) is 0 Å². The molecule has 0 radical (unpaired) electrons. The van der Waals surface area contributed by atoms with Crippen molar-refractivity contribution in [2.45, 2.75) is 38.3 Å². The number of nitrogens with zero attached hydrogens (tertiary/aromatic N) is 1. The van der Waals surface area contributed by atoms with E-state index in [1.54, 1.807) is 12.1 Å². The van der Waals surface area contributed by atoms with E-state index in [0.29, 0.717) is 0 Å². The van der Waals surface area contributed by atoms with Gasteiger partial charge in [0.1, 0.15) is 5.82 Å². The predicted octanol–water partition coefficient (Wildman–Crippen LogP) is 2.98. The second kappa shape index (κ2) is 8.08. The number of aliphatic hydroxyl groups is 1. The zero-order valence-corrected chi connectivity index (χ0v) is 13.2. The minimum Gasteiger partial charge on any atom is -0.393 e. The van der Waals surface area contributed by atoms with E-state index in [9.17, 15) is 9.50 Å². The first-order valence-electron chi connectivity index (χ1n) is 7.65. The van der Waals surface area contributed by atoms with Crippen LogP contribution in [0.3, 0.4) is 0 Å². The van der Waals surface area contributed by atoms with E-state index in [2.05, 4.69) is 17.1 Å². The van der Waals surface area contributed by atoms with Crippen molar-refractivity contribution in [3.8, 4) is 0 Å². The first kappa shape index (κ1) is 16.7. The Bertz CT molecular complexity index is 450. The highest BCUT2D eigenvalue weighted by atomic mass is 35.5. The van der Waals surface area contributed by atoms with E-state index in [4.69, 9.17) is 11.6 Å². The van der Waals surface area contributed by atoms with Crippen molar-refractivity contribution in [2.75, 3.05) is 26.2 Å². The monoisotopic (exact) mass is 314 g/mol. The number of aliphatic hydroxyl groups excluding tert-OH is 1. The third-order valence-electron chi connectivity index (χ3n) is 4.10. The number of hydrogen-bond donors (Lipinski definition) is 2. The smallest absolute Gasteiger partial charge is 0.141 e. The summed E-state index contributed by atoms with van der Waals surface area (Å²) in [7, 11) is 0. The van der Waals surface area contributed by atoms with Gasteiger partial charge < -0.3 is 15.3 Å². The molecule has 0 spiro atoms. The van der Waals surface area contributed by atoms with Crippen LogP contribution in [0.25, 0.3) is 0 Å². The predicted molar refractivity (Wildman–Crippen MR) is 84.1 cm³/mol. The normalized spacial score (nSPS) is 18.9. The maximum absolute atomic E-state index is 13.1. The second-order valence-electron chi connectivity index (χ2n) is 5.78. The third-order valence-corrected chi connectivity index (χ3v) is 4.39. The molecule has 0 aliphatic carbocycles. The van der Waals surface area contributed by atoms with Crippen molar-refractivity contribution in [3.05, 3.63) is 34.6 Å². The van der Waals surface area contributed by atoms with Gasteiger partial charge in [-0.2, -0.15) is 0 Å². The molecule has 1 heterocycles. The van der Waals surface area contributed by atoms with Crippen LogP contribution in [0.4, 0.5) is 4.39 Å². The Morgan fingerprint density at radius 1 is 1.43 bits per heavy atom. The van der Waals surface area contributed by atoms with Crippen molar-refractivity contribution in [2.24, 2.45) is 0 Å². The van der Waals surface area contributed by atoms with Gasteiger partial charge in [-0.15, -0.1) is 0 Å². The number of halogens is 2. The molecule has 1 aromatic rings. The Morgan fingerprint density at radius 2 is 2.14 bits per heavy atom. The largest absolute Gasteiger partial charge is 0.393 e. The Morgan fingerprint density at radius 3 is 2.81 bits per heavy atom. The fraction of sp³-hybridized carbons (Fsp3) is 0.625. The van der Waals surface area contributed by atoms with Crippen LogP contribution in [0, 0.1) is 5.82 Å². The van der Waals surface area contributed by atoms with E-state index in [-0.39, 0.29) is 23.0 Å². The van der Waals surface area contributed by atoms with Gasteiger partial charge in [0.05, 0.1) is 11.1 Å². The van der Waals surface area contributed by atoms with Crippen LogP contribution in [0.2, 0.25) is 5.02 Å². The van der Waals surface area contributed by atoms with Crippen LogP contribution in [0.15, 0.2) is 18.2 Å². The molecular formula is C16H24ClFN2O. The SMILES string of the molecule is CC(NCCCN1CCC(O)CC1)c1ccc(F)c(Cl)c1. The lowest BCUT2D eigenvalue weighted by atomic mass is 10.1. The lowest BCUT2D eigenvalue weighted by Gasteiger charge is -2.29. The summed E-state index contributed by atoms with van der Waals surface area (Å²) in [6.07, 6.45) is 2.73. The topological polar surface area (TPSA) is 35.5 Å². The molecule has 1 aromatic carbocycles. The lowest BCUT2D eigenvalue weighted by Crippen LogP contribution is -2.37. The fourth-order valence-corrected chi connectivity index (χ4v) is 2.85. The molecule has 0 aromatic heterocycles. The molecule has 1 fully saturated rings. The highest BCUT2D eigenvalue weighted by Gasteiger charge is 2.16. The summed E-state index contributed by atoms with van der Waals surface area (Å²) >= 11 is 5.80. The molecule has 2 rings (SSSR count). The van der Waals surface area contributed by atoms with Gasteiger partial charge in [0.25, 0.3) is 0 Å². The molecule has 118 valence electrons. The molecule has 0 saturated carbocycles. The molecule has 1 atom stereocenters. The van der Waals surface area contributed by atoms with Gasteiger partial charge in [-0.05, 0) is 57.0 Å². The highest BCUT2D eigenvalue weighted by molar-refractivity contribution is 6.30. The van der Waals surface area contributed by atoms with E-state index in [1.807, 2.05) is 0 Å². The summed E-state index contributed by atoms with van der Waals surface area (Å²) in [4.78, 5) is 2.40. The summed E-state index contributed by atoms with van der Waals surface area (Å²) in [6, 6.07) is 5.02. The van der Waals surface area contributed by atoms with Crippen LogP contribution < -0.4 is 5.32 Å². The summed E-state index contributed by atoms with van der Waals surface area (Å²) in [5.74, 6) is -0.375. The summed E-state index contributed by atoms with van der Waals surface area (Å²) < 4.78 is 13.1. The second-order valence-corrected chi connectivity index (χ2v) is 6.18. The Kier molecular flexibility index (Phi) is 6.42. The van der Waals surface area contributed by atoms with Gasteiger partial charge in [0.15, 0.2) is 0 Å². The maximum atomic E-state index is 13.1. The maximum Gasteiger partial charge on any atom is 0.141 e. The minimum atomic E-state index is -0.375. The summed E-state index contributed by atoms with van der Waals surface area (Å²) in [5, 5.41) is 13.1. The van der Waals surface area contributed by atoms with Crippen molar-refractivity contribution >= 4 is 11.6 Å². The van der Waals surface area contributed by atoms with Gasteiger partial charge in [-0.25, -0.2) is 4.39 Å². The van der Waals surface area contributed by atoms with Crippen LogP contribution in [-0.4, -0.2) is 42.3 Å². The molecule has 1 aliphatic heterocycles. The molecule has 0 bridgehead atoms. The van der Waals surface area contributed by atoms with E-state index < -0.39 is 0 Å². The van der Waals surface area contributed by atoms with Gasteiger partial charge in [0.2, 0.25) is 0 Å². The highest BCUT2D eigenvalue weighted by Crippen LogP contribution is 2.20. The van der Waals surface area contributed by atoms with Gasteiger partial charge in [0, 0.05) is 19.1 Å². The zero-order valence-electron chi connectivity index (χ0n) is 12.5. The molecule has 1 unspecified atom stereocenters. The van der Waals surface area contributed by atoms with Crippen LogP contribution in [0.1, 0.15) is 37.8 Å². The van der Waals surface area contributed by atoms with Crippen LogP contribution in [0.5, 0.6) is 0 Å². The standard InChI is InChI=1S/C16H24ClFN2O/c1-12(13-3-4-16(18)15(17)11-13)19-7-2-8-20-9-5-14(21)6-10-20/h3-4,11-12,14,19,21H,2,5-10H2,1H3. The van der Waals surface area contributed by atoms with Crippen molar-refractivity contribution in [1.29, 1.82) is 0 Å².